The summed E-state index contributed by atoms with van der Waals surface area (Å²) in [5.41, 5.74) is 1.29. The summed E-state index contributed by atoms with van der Waals surface area (Å²) in [5, 5.41) is 6.99. The Kier molecular flexibility index (Phi) is 4.24. The van der Waals surface area contributed by atoms with E-state index in [1.807, 2.05) is 11.3 Å². The van der Waals surface area contributed by atoms with Gasteiger partial charge in [0.2, 0.25) is 0 Å². The quantitative estimate of drug-likeness (QED) is 0.699. The molecule has 3 rings (SSSR count). The monoisotopic (exact) mass is 348 g/mol. The highest BCUT2D eigenvalue weighted by Crippen LogP contribution is 2.21. The van der Waals surface area contributed by atoms with E-state index in [0.29, 0.717) is 6.04 Å². The minimum atomic E-state index is 0.422. The van der Waals surface area contributed by atoms with Gasteiger partial charge in [0.25, 0.3) is 0 Å². The fourth-order valence-electron chi connectivity index (χ4n) is 2.41. The summed E-state index contributed by atoms with van der Waals surface area (Å²) >= 11 is 5.32. The van der Waals surface area contributed by atoms with Crippen molar-refractivity contribution < 1.29 is 0 Å². The molecular weight excluding hydrogens is 332 g/mol. The molecule has 1 N–H and O–H groups in total. The van der Waals surface area contributed by atoms with E-state index >= 15 is 0 Å². The lowest BCUT2D eigenvalue weighted by Gasteiger charge is -2.13. The molecule has 20 heavy (non-hydrogen) atoms. The molecule has 1 atom stereocenters. The van der Waals surface area contributed by atoms with Gasteiger partial charge >= 0.3 is 0 Å². The predicted molar refractivity (Wildman–Crippen MR) is 90.4 cm³/mol. The number of thiophene rings is 1. The molecule has 0 aliphatic rings. The third-order valence-corrected chi connectivity index (χ3v) is 5.05. The Hall–Kier alpha value is -1.10. The number of hydrogen-bond acceptors (Lipinski definition) is 2. The number of nitrogens with one attached hydrogen (secondary N) is 1. The van der Waals surface area contributed by atoms with Crippen molar-refractivity contribution in [3.8, 4) is 0 Å². The largest absolute Gasteiger partial charge is 0.346 e. The molecule has 0 amide bonds. The molecule has 2 aromatic heterocycles. The molecule has 0 fully saturated rings. The van der Waals surface area contributed by atoms with Gasteiger partial charge in [-0.3, -0.25) is 0 Å². The number of benzene rings is 1. The third-order valence-electron chi connectivity index (χ3n) is 3.51. The van der Waals surface area contributed by atoms with E-state index < -0.39 is 0 Å². The topological polar surface area (TPSA) is 17.0 Å². The molecule has 2 nitrogen and oxygen atoms in total. The summed E-state index contributed by atoms with van der Waals surface area (Å²) < 4.78 is 3.43. The fraction of sp³-hybridized carbons (Fsp3) is 0.250. The summed E-state index contributed by atoms with van der Waals surface area (Å²) in [5.74, 6) is 0. The molecule has 0 saturated heterocycles. The van der Waals surface area contributed by atoms with Crippen LogP contribution < -0.4 is 5.32 Å². The first-order valence-electron chi connectivity index (χ1n) is 6.75. The molecule has 3 aromatic rings. The number of rotatable bonds is 5. The van der Waals surface area contributed by atoms with Gasteiger partial charge in [-0.05, 0) is 42.6 Å². The van der Waals surface area contributed by atoms with Gasteiger partial charge in [0.15, 0.2) is 0 Å². The molecule has 0 spiro atoms. The Bertz CT molecular complexity index is 688. The lowest BCUT2D eigenvalue weighted by Crippen LogP contribution is -2.22. The summed E-state index contributed by atoms with van der Waals surface area (Å²) in [7, 11) is 0. The molecule has 0 radical (unpaired) electrons. The standard InChI is InChI=1S/C16H17BrN2S/c1-12(16-3-2-10-20-16)18-7-9-19-8-6-13-11-14(17)4-5-15(13)19/h2-6,8,10-12,18H,7,9H2,1H3. The molecule has 1 aromatic carbocycles. The Morgan fingerprint density at radius 3 is 3.00 bits per heavy atom. The van der Waals surface area contributed by atoms with Crippen LogP contribution in [0.5, 0.6) is 0 Å². The van der Waals surface area contributed by atoms with Crippen molar-refractivity contribution in [2.45, 2.75) is 19.5 Å². The number of hydrogen-bond donors (Lipinski definition) is 1. The smallest absolute Gasteiger partial charge is 0.0481 e. The molecule has 0 aliphatic heterocycles. The van der Waals surface area contributed by atoms with Crippen molar-refractivity contribution in [1.82, 2.24) is 9.88 Å². The maximum atomic E-state index is 3.58. The Balaban J connectivity index is 1.63. The lowest BCUT2D eigenvalue weighted by molar-refractivity contribution is 0.543. The summed E-state index contributed by atoms with van der Waals surface area (Å²) in [6.07, 6.45) is 2.16. The van der Waals surface area contributed by atoms with Crippen LogP contribution in [0.3, 0.4) is 0 Å². The second kappa shape index (κ2) is 6.12. The first-order chi connectivity index (χ1) is 9.74. The van der Waals surface area contributed by atoms with Gasteiger partial charge < -0.3 is 9.88 Å². The van der Waals surface area contributed by atoms with Gasteiger partial charge in [-0.1, -0.05) is 22.0 Å². The van der Waals surface area contributed by atoms with Crippen molar-refractivity contribution in [2.24, 2.45) is 0 Å². The highest BCUT2D eigenvalue weighted by molar-refractivity contribution is 9.10. The molecule has 0 aliphatic carbocycles. The van der Waals surface area contributed by atoms with Gasteiger partial charge in [-0.25, -0.2) is 0 Å². The van der Waals surface area contributed by atoms with Crippen LogP contribution in [0.25, 0.3) is 10.9 Å². The van der Waals surface area contributed by atoms with Crippen LogP contribution in [0.4, 0.5) is 0 Å². The van der Waals surface area contributed by atoms with Gasteiger partial charge in [0.1, 0.15) is 0 Å². The maximum Gasteiger partial charge on any atom is 0.0481 e. The van der Waals surface area contributed by atoms with Crippen LogP contribution in [-0.4, -0.2) is 11.1 Å². The molecule has 2 heterocycles. The second-order valence-electron chi connectivity index (χ2n) is 4.90. The Morgan fingerprint density at radius 2 is 2.20 bits per heavy atom. The van der Waals surface area contributed by atoms with E-state index in [1.54, 1.807) is 0 Å². The van der Waals surface area contributed by atoms with Gasteiger partial charge in [0.05, 0.1) is 0 Å². The highest BCUT2D eigenvalue weighted by Gasteiger charge is 2.06. The second-order valence-corrected chi connectivity index (χ2v) is 6.80. The first kappa shape index (κ1) is 13.9. The minimum Gasteiger partial charge on any atom is -0.346 e. The van der Waals surface area contributed by atoms with Crippen LogP contribution in [-0.2, 0) is 6.54 Å². The summed E-state index contributed by atoms with van der Waals surface area (Å²) in [4.78, 5) is 1.39. The third kappa shape index (κ3) is 2.97. The predicted octanol–water partition coefficient (Wildman–Crippen LogP) is 4.82. The number of nitrogens with zero attached hydrogens (tertiary/aromatic N) is 1. The summed E-state index contributed by atoms with van der Waals surface area (Å²) in [6.45, 7) is 4.18. The van der Waals surface area contributed by atoms with Crippen LogP contribution >= 0.6 is 27.3 Å². The van der Waals surface area contributed by atoms with Gasteiger partial charge in [0, 0.05) is 45.6 Å². The number of fused-ring (bicyclic) bond motifs is 1. The molecular formula is C16H17BrN2S. The van der Waals surface area contributed by atoms with E-state index in [1.165, 1.54) is 15.8 Å². The summed E-state index contributed by atoms with van der Waals surface area (Å²) in [6, 6.07) is 13.3. The van der Waals surface area contributed by atoms with Crippen LogP contribution in [0.2, 0.25) is 0 Å². The first-order valence-corrected chi connectivity index (χ1v) is 8.42. The maximum absolute atomic E-state index is 3.58. The van der Waals surface area contributed by atoms with Crippen LogP contribution in [0, 0.1) is 0 Å². The average Bonchev–Trinajstić information content (AvgIpc) is 3.08. The van der Waals surface area contributed by atoms with Crippen LogP contribution in [0.1, 0.15) is 17.8 Å². The van der Waals surface area contributed by atoms with Crippen molar-refractivity contribution in [2.75, 3.05) is 6.54 Å². The van der Waals surface area contributed by atoms with Crippen molar-refractivity contribution in [3.05, 3.63) is 57.3 Å². The average molecular weight is 349 g/mol. The zero-order chi connectivity index (χ0) is 13.9. The van der Waals surface area contributed by atoms with Gasteiger partial charge in [-0.15, -0.1) is 11.3 Å². The molecule has 104 valence electrons. The highest BCUT2D eigenvalue weighted by atomic mass is 79.9. The van der Waals surface area contributed by atoms with Gasteiger partial charge in [-0.2, -0.15) is 0 Å². The van der Waals surface area contributed by atoms with Crippen LogP contribution in [0.15, 0.2) is 52.4 Å². The van der Waals surface area contributed by atoms with Crippen molar-refractivity contribution in [1.29, 1.82) is 0 Å². The van der Waals surface area contributed by atoms with Crippen molar-refractivity contribution in [3.63, 3.8) is 0 Å². The number of aromatic nitrogens is 1. The Morgan fingerprint density at radius 1 is 1.30 bits per heavy atom. The fourth-order valence-corrected chi connectivity index (χ4v) is 3.54. The number of halogens is 1. The molecule has 1 unspecified atom stereocenters. The minimum absolute atomic E-state index is 0.422. The lowest BCUT2D eigenvalue weighted by atomic mass is 10.2. The Labute approximate surface area is 131 Å². The zero-order valence-electron chi connectivity index (χ0n) is 11.3. The molecule has 0 bridgehead atoms. The molecule has 4 heteroatoms. The van der Waals surface area contributed by atoms with E-state index in [9.17, 15) is 0 Å². The SMILES string of the molecule is CC(NCCn1ccc2cc(Br)ccc21)c1cccs1. The molecule has 0 saturated carbocycles. The van der Waals surface area contributed by atoms with E-state index in [2.05, 4.69) is 80.7 Å². The van der Waals surface area contributed by atoms with E-state index in [-0.39, 0.29) is 0 Å². The zero-order valence-corrected chi connectivity index (χ0v) is 13.7. The van der Waals surface area contributed by atoms with E-state index in [0.717, 1.165) is 17.6 Å². The van der Waals surface area contributed by atoms with Crippen molar-refractivity contribution >= 4 is 38.2 Å². The normalized spacial score (nSPS) is 12.9. The van der Waals surface area contributed by atoms with E-state index in [4.69, 9.17) is 0 Å².